The minimum atomic E-state index is -1.73. The van der Waals surface area contributed by atoms with Crippen LogP contribution in [0.5, 0.6) is 0 Å². The highest BCUT2D eigenvalue weighted by Crippen LogP contribution is 2.31. The number of esters is 1. The van der Waals surface area contributed by atoms with Crippen molar-refractivity contribution in [3.05, 3.63) is 35.4 Å². The zero-order chi connectivity index (χ0) is 18.6. The smallest absolute Gasteiger partial charge is 0.325 e. The number of nitrogens with one attached hydrogen (secondary N) is 1. The van der Waals surface area contributed by atoms with E-state index >= 15 is 0 Å². The lowest BCUT2D eigenvalue weighted by Gasteiger charge is -2.22. The SMILES string of the molecule is CCCCOC(=O)CCN1C(=O)N[C@@](C)(c2cc(F)ccc2F)C1=O. The van der Waals surface area contributed by atoms with E-state index in [1.165, 1.54) is 6.92 Å². The highest BCUT2D eigenvalue weighted by Gasteiger charge is 2.50. The van der Waals surface area contributed by atoms with E-state index in [-0.39, 0.29) is 25.1 Å². The molecule has 0 saturated carbocycles. The van der Waals surface area contributed by atoms with Crippen LogP contribution in [0.3, 0.4) is 0 Å². The quantitative estimate of drug-likeness (QED) is 0.464. The van der Waals surface area contributed by atoms with Crippen LogP contribution in [0, 0.1) is 11.6 Å². The van der Waals surface area contributed by atoms with Gasteiger partial charge in [-0.05, 0) is 31.5 Å². The number of carbonyl (C=O) groups is 3. The number of benzene rings is 1. The number of amides is 3. The summed E-state index contributed by atoms with van der Waals surface area (Å²) in [7, 11) is 0. The van der Waals surface area contributed by atoms with Gasteiger partial charge >= 0.3 is 12.0 Å². The van der Waals surface area contributed by atoms with Gasteiger partial charge in [0.25, 0.3) is 5.91 Å². The van der Waals surface area contributed by atoms with E-state index in [1.807, 2.05) is 6.92 Å². The fourth-order valence-electron chi connectivity index (χ4n) is 2.57. The Morgan fingerprint density at radius 2 is 2.04 bits per heavy atom. The lowest BCUT2D eigenvalue weighted by Crippen LogP contribution is -2.42. The van der Waals surface area contributed by atoms with Crippen molar-refractivity contribution in [1.82, 2.24) is 10.2 Å². The molecule has 1 aromatic rings. The predicted molar refractivity (Wildman–Crippen MR) is 84.4 cm³/mol. The Morgan fingerprint density at radius 3 is 2.72 bits per heavy atom. The largest absolute Gasteiger partial charge is 0.466 e. The van der Waals surface area contributed by atoms with Crippen molar-refractivity contribution in [2.75, 3.05) is 13.2 Å². The molecule has 0 radical (unpaired) electrons. The molecule has 8 heteroatoms. The summed E-state index contributed by atoms with van der Waals surface area (Å²) in [6.07, 6.45) is 1.44. The molecule has 25 heavy (non-hydrogen) atoms. The second kappa shape index (κ2) is 7.58. The van der Waals surface area contributed by atoms with Crippen LogP contribution < -0.4 is 5.32 Å². The van der Waals surface area contributed by atoms with Crippen molar-refractivity contribution >= 4 is 17.9 Å². The van der Waals surface area contributed by atoms with E-state index in [2.05, 4.69) is 5.32 Å². The molecule has 3 amide bonds. The normalized spacial score (nSPS) is 19.9. The summed E-state index contributed by atoms with van der Waals surface area (Å²) in [6, 6.07) is 1.92. The number of hydrogen-bond donors (Lipinski definition) is 1. The van der Waals surface area contributed by atoms with Gasteiger partial charge in [-0.2, -0.15) is 0 Å². The van der Waals surface area contributed by atoms with Gasteiger partial charge < -0.3 is 10.1 Å². The number of ether oxygens (including phenoxy) is 1. The third kappa shape index (κ3) is 3.94. The summed E-state index contributed by atoms with van der Waals surface area (Å²) in [5, 5.41) is 2.37. The van der Waals surface area contributed by atoms with Crippen LogP contribution in [-0.2, 0) is 19.9 Å². The molecule has 2 rings (SSSR count). The molecule has 0 unspecified atom stereocenters. The number of hydrogen-bond acceptors (Lipinski definition) is 4. The molecular weight excluding hydrogens is 334 g/mol. The molecule has 0 bridgehead atoms. The molecule has 1 aliphatic rings. The highest BCUT2D eigenvalue weighted by atomic mass is 19.1. The second-order valence-electron chi connectivity index (χ2n) is 5.96. The van der Waals surface area contributed by atoms with E-state index in [0.29, 0.717) is 0 Å². The van der Waals surface area contributed by atoms with Gasteiger partial charge in [-0.25, -0.2) is 13.6 Å². The van der Waals surface area contributed by atoms with Gasteiger partial charge in [-0.15, -0.1) is 0 Å². The summed E-state index contributed by atoms with van der Waals surface area (Å²) in [4.78, 5) is 37.1. The number of unbranched alkanes of at least 4 members (excludes halogenated alkanes) is 1. The van der Waals surface area contributed by atoms with Crippen LogP contribution in [0.2, 0.25) is 0 Å². The van der Waals surface area contributed by atoms with Crippen molar-refractivity contribution < 1.29 is 27.9 Å². The molecule has 1 aromatic carbocycles. The zero-order valence-electron chi connectivity index (χ0n) is 14.1. The number of imide groups is 1. The molecule has 0 aromatic heterocycles. The van der Waals surface area contributed by atoms with Gasteiger partial charge in [-0.3, -0.25) is 14.5 Å². The monoisotopic (exact) mass is 354 g/mol. The first-order valence-corrected chi connectivity index (χ1v) is 8.05. The van der Waals surface area contributed by atoms with Crippen LogP contribution in [0.1, 0.15) is 38.7 Å². The molecular formula is C17H20F2N2O4. The topological polar surface area (TPSA) is 75.7 Å². The number of halogens is 2. The molecule has 1 fully saturated rings. The molecule has 1 heterocycles. The highest BCUT2D eigenvalue weighted by molar-refractivity contribution is 6.07. The maximum absolute atomic E-state index is 14.0. The van der Waals surface area contributed by atoms with Gasteiger partial charge in [0, 0.05) is 12.1 Å². The van der Waals surface area contributed by atoms with E-state index in [1.54, 1.807) is 0 Å². The molecule has 1 atom stereocenters. The van der Waals surface area contributed by atoms with E-state index in [0.717, 1.165) is 35.9 Å². The third-order valence-corrected chi connectivity index (χ3v) is 4.04. The first-order valence-electron chi connectivity index (χ1n) is 8.05. The molecule has 1 N–H and O–H groups in total. The second-order valence-corrected chi connectivity index (χ2v) is 5.96. The number of carbonyl (C=O) groups excluding carboxylic acids is 3. The molecule has 136 valence electrons. The number of urea groups is 1. The fraction of sp³-hybridized carbons (Fsp3) is 0.471. The lowest BCUT2D eigenvalue weighted by molar-refractivity contribution is -0.144. The van der Waals surface area contributed by atoms with Crippen LogP contribution in [0.4, 0.5) is 13.6 Å². The summed E-state index contributed by atoms with van der Waals surface area (Å²) in [6.45, 7) is 3.34. The Hall–Kier alpha value is -2.51. The van der Waals surface area contributed by atoms with Gasteiger partial charge in [0.05, 0.1) is 13.0 Å². The predicted octanol–water partition coefficient (Wildman–Crippen LogP) is 2.47. The van der Waals surface area contributed by atoms with E-state index in [4.69, 9.17) is 4.74 Å². The van der Waals surface area contributed by atoms with Crippen molar-refractivity contribution in [2.24, 2.45) is 0 Å². The summed E-state index contributed by atoms with van der Waals surface area (Å²) >= 11 is 0. The first-order chi connectivity index (χ1) is 11.8. The average molecular weight is 354 g/mol. The third-order valence-electron chi connectivity index (χ3n) is 4.04. The summed E-state index contributed by atoms with van der Waals surface area (Å²) in [5.74, 6) is -2.81. The van der Waals surface area contributed by atoms with Crippen LogP contribution in [-0.4, -0.2) is 36.0 Å². The molecule has 0 spiro atoms. The standard InChI is InChI=1S/C17H20F2N2O4/c1-3-4-9-25-14(22)7-8-21-15(23)17(2,20-16(21)24)12-10-11(18)5-6-13(12)19/h5-6,10H,3-4,7-9H2,1-2H3,(H,20,24)/t17-/m0/s1. The Balaban J connectivity index is 2.09. The Kier molecular flexibility index (Phi) is 5.71. The molecule has 0 aliphatic carbocycles. The van der Waals surface area contributed by atoms with Gasteiger partial charge in [0.2, 0.25) is 0 Å². The summed E-state index contributed by atoms with van der Waals surface area (Å²) in [5.41, 5.74) is -1.99. The molecule has 1 aliphatic heterocycles. The maximum atomic E-state index is 14.0. The van der Waals surface area contributed by atoms with Crippen LogP contribution in [0.25, 0.3) is 0 Å². The maximum Gasteiger partial charge on any atom is 0.325 e. The van der Waals surface area contributed by atoms with Crippen molar-refractivity contribution in [3.8, 4) is 0 Å². The number of nitrogens with zero attached hydrogens (tertiary/aromatic N) is 1. The van der Waals surface area contributed by atoms with E-state index < -0.39 is 35.1 Å². The van der Waals surface area contributed by atoms with E-state index in [9.17, 15) is 23.2 Å². The number of rotatable bonds is 7. The van der Waals surface area contributed by atoms with Crippen molar-refractivity contribution in [1.29, 1.82) is 0 Å². The van der Waals surface area contributed by atoms with Gasteiger partial charge in [0.1, 0.15) is 17.2 Å². The van der Waals surface area contributed by atoms with Crippen LogP contribution in [0.15, 0.2) is 18.2 Å². The Morgan fingerprint density at radius 1 is 1.32 bits per heavy atom. The minimum Gasteiger partial charge on any atom is -0.466 e. The Bertz CT molecular complexity index is 695. The summed E-state index contributed by atoms with van der Waals surface area (Å²) < 4.78 is 32.4. The van der Waals surface area contributed by atoms with Crippen molar-refractivity contribution in [2.45, 2.75) is 38.6 Å². The van der Waals surface area contributed by atoms with Gasteiger partial charge in [-0.1, -0.05) is 13.3 Å². The Labute approximate surface area is 144 Å². The minimum absolute atomic E-state index is 0.162. The average Bonchev–Trinajstić information content (AvgIpc) is 2.78. The fourth-order valence-corrected chi connectivity index (χ4v) is 2.57. The lowest BCUT2D eigenvalue weighted by atomic mass is 9.91. The molecule has 6 nitrogen and oxygen atoms in total. The zero-order valence-corrected chi connectivity index (χ0v) is 14.1. The first kappa shape index (κ1) is 18.8. The van der Waals surface area contributed by atoms with Crippen molar-refractivity contribution in [3.63, 3.8) is 0 Å². The van der Waals surface area contributed by atoms with Crippen LogP contribution >= 0.6 is 0 Å². The van der Waals surface area contributed by atoms with Gasteiger partial charge in [0.15, 0.2) is 0 Å². The molecule has 1 saturated heterocycles.